The van der Waals surface area contributed by atoms with Crippen molar-refractivity contribution in [1.82, 2.24) is 4.98 Å². The van der Waals surface area contributed by atoms with Gasteiger partial charge in [-0.2, -0.15) is 0 Å². The lowest BCUT2D eigenvalue weighted by Gasteiger charge is -2.33. The van der Waals surface area contributed by atoms with E-state index in [1.165, 1.54) is 12.1 Å². The molecule has 1 aromatic rings. The van der Waals surface area contributed by atoms with Crippen molar-refractivity contribution in [3.05, 3.63) is 23.0 Å². The number of aromatic nitrogens is 1. The van der Waals surface area contributed by atoms with Gasteiger partial charge < -0.3 is 5.11 Å². The van der Waals surface area contributed by atoms with E-state index in [1.54, 1.807) is 20.8 Å². The zero-order valence-electron chi connectivity index (χ0n) is 9.77. The third kappa shape index (κ3) is 2.94. The van der Waals surface area contributed by atoms with E-state index in [1.807, 2.05) is 0 Å². The third-order valence-electron chi connectivity index (χ3n) is 2.08. The average Bonchev–Trinajstić information content (AvgIpc) is 2.17. The van der Waals surface area contributed by atoms with Crippen molar-refractivity contribution in [2.24, 2.45) is 0 Å². The van der Waals surface area contributed by atoms with Gasteiger partial charge in [0, 0.05) is 5.54 Å². The SMILES string of the molecule is CC(C)(C)N(C(=O)O)c1ccc(Cl)nc1C=O. The van der Waals surface area contributed by atoms with Crippen molar-refractivity contribution in [3.8, 4) is 0 Å². The fraction of sp³-hybridized carbons (Fsp3) is 0.364. The minimum absolute atomic E-state index is 0.00910. The van der Waals surface area contributed by atoms with Gasteiger partial charge in [-0.15, -0.1) is 0 Å². The zero-order valence-corrected chi connectivity index (χ0v) is 10.5. The molecule has 1 heterocycles. The Morgan fingerprint density at radius 3 is 2.47 bits per heavy atom. The number of pyridine rings is 1. The standard InChI is InChI=1S/C11H13ClN2O3/c1-11(2,3)14(10(16)17)8-4-5-9(12)13-7(8)6-15/h4-6H,1-3H3,(H,16,17). The second-order valence-electron chi connectivity index (χ2n) is 4.44. The van der Waals surface area contributed by atoms with E-state index >= 15 is 0 Å². The lowest BCUT2D eigenvalue weighted by Crippen LogP contribution is -2.45. The molecule has 0 radical (unpaired) electrons. The summed E-state index contributed by atoms with van der Waals surface area (Å²) in [6.07, 6.45) is -0.659. The molecule has 0 aliphatic carbocycles. The van der Waals surface area contributed by atoms with E-state index in [0.717, 1.165) is 4.90 Å². The lowest BCUT2D eigenvalue weighted by molar-refractivity contribution is 0.111. The van der Waals surface area contributed by atoms with Gasteiger partial charge in [0.2, 0.25) is 0 Å². The molecule has 0 unspecified atom stereocenters. The summed E-state index contributed by atoms with van der Waals surface area (Å²) >= 11 is 5.66. The van der Waals surface area contributed by atoms with Gasteiger partial charge in [-0.25, -0.2) is 9.78 Å². The summed E-state index contributed by atoms with van der Waals surface area (Å²) in [6, 6.07) is 2.92. The van der Waals surface area contributed by atoms with Crippen LogP contribution in [-0.4, -0.2) is 28.0 Å². The number of aldehydes is 1. The minimum Gasteiger partial charge on any atom is -0.465 e. The van der Waals surface area contributed by atoms with Gasteiger partial charge in [0.05, 0.1) is 5.69 Å². The van der Waals surface area contributed by atoms with Crippen LogP contribution in [0.5, 0.6) is 0 Å². The summed E-state index contributed by atoms with van der Waals surface area (Å²) in [7, 11) is 0. The van der Waals surface area contributed by atoms with Crippen molar-refractivity contribution < 1.29 is 14.7 Å². The fourth-order valence-corrected chi connectivity index (χ4v) is 1.62. The number of halogens is 1. The van der Waals surface area contributed by atoms with Gasteiger partial charge in [-0.1, -0.05) is 11.6 Å². The molecule has 1 rings (SSSR count). The molecule has 0 saturated heterocycles. The van der Waals surface area contributed by atoms with Crippen LogP contribution in [0.25, 0.3) is 0 Å². The highest BCUT2D eigenvalue weighted by molar-refractivity contribution is 6.29. The largest absolute Gasteiger partial charge is 0.465 e. The van der Waals surface area contributed by atoms with E-state index < -0.39 is 11.6 Å². The maximum atomic E-state index is 11.2. The molecule has 0 atom stereocenters. The van der Waals surface area contributed by atoms with E-state index in [0.29, 0.717) is 6.29 Å². The predicted molar refractivity (Wildman–Crippen MR) is 64.9 cm³/mol. The topological polar surface area (TPSA) is 70.5 Å². The molecular weight excluding hydrogens is 244 g/mol. The highest BCUT2D eigenvalue weighted by atomic mass is 35.5. The average molecular weight is 257 g/mol. The van der Waals surface area contributed by atoms with Crippen LogP contribution in [0.3, 0.4) is 0 Å². The smallest absolute Gasteiger partial charge is 0.412 e. The van der Waals surface area contributed by atoms with Crippen LogP contribution in [0.2, 0.25) is 5.15 Å². The number of nitrogens with zero attached hydrogens (tertiary/aromatic N) is 2. The van der Waals surface area contributed by atoms with E-state index in [2.05, 4.69) is 4.98 Å². The van der Waals surface area contributed by atoms with Crippen molar-refractivity contribution >= 4 is 29.7 Å². The van der Waals surface area contributed by atoms with Crippen LogP contribution in [0.4, 0.5) is 10.5 Å². The van der Waals surface area contributed by atoms with Crippen LogP contribution >= 0.6 is 11.6 Å². The minimum atomic E-state index is -1.15. The maximum Gasteiger partial charge on any atom is 0.412 e. The fourth-order valence-electron chi connectivity index (χ4n) is 1.47. The number of carbonyl (C=O) groups is 2. The first kappa shape index (κ1) is 13.4. The summed E-state index contributed by atoms with van der Waals surface area (Å²) in [5.74, 6) is 0. The summed E-state index contributed by atoms with van der Waals surface area (Å²) in [5, 5.41) is 9.35. The normalized spacial score (nSPS) is 11.1. The van der Waals surface area contributed by atoms with Crippen molar-refractivity contribution in [2.75, 3.05) is 4.90 Å². The molecule has 0 bridgehead atoms. The molecule has 17 heavy (non-hydrogen) atoms. The number of anilines is 1. The molecule has 0 saturated carbocycles. The van der Waals surface area contributed by atoms with Gasteiger partial charge in [-0.3, -0.25) is 9.69 Å². The molecule has 1 aromatic heterocycles. The summed E-state index contributed by atoms with van der Waals surface area (Å²) in [4.78, 5) is 27.0. The molecule has 6 heteroatoms. The lowest BCUT2D eigenvalue weighted by atomic mass is 10.1. The first-order chi connectivity index (χ1) is 7.77. The Morgan fingerprint density at radius 1 is 1.47 bits per heavy atom. The van der Waals surface area contributed by atoms with E-state index in [-0.39, 0.29) is 16.5 Å². The number of hydrogen-bond acceptors (Lipinski definition) is 3. The number of carbonyl (C=O) groups excluding carboxylic acids is 1. The van der Waals surface area contributed by atoms with Gasteiger partial charge in [0.1, 0.15) is 10.8 Å². The molecule has 0 aromatic carbocycles. The first-order valence-electron chi connectivity index (χ1n) is 4.92. The Balaban J connectivity index is 3.38. The van der Waals surface area contributed by atoms with E-state index in [9.17, 15) is 14.7 Å². The Labute approximate surface area is 104 Å². The Kier molecular flexibility index (Phi) is 3.72. The molecule has 5 nitrogen and oxygen atoms in total. The van der Waals surface area contributed by atoms with Gasteiger partial charge >= 0.3 is 6.09 Å². The molecule has 92 valence electrons. The highest BCUT2D eigenvalue weighted by Crippen LogP contribution is 2.27. The number of carboxylic acid groups (broad SMARTS) is 1. The molecular formula is C11H13ClN2O3. The number of rotatable bonds is 2. The third-order valence-corrected chi connectivity index (χ3v) is 2.29. The number of hydrogen-bond donors (Lipinski definition) is 1. The van der Waals surface area contributed by atoms with E-state index in [4.69, 9.17) is 11.6 Å². The summed E-state index contributed by atoms with van der Waals surface area (Å²) in [5.41, 5.74) is -0.446. The maximum absolute atomic E-state index is 11.2. The van der Waals surface area contributed by atoms with Gasteiger partial charge in [0.25, 0.3) is 0 Å². The van der Waals surface area contributed by atoms with Gasteiger partial charge in [0.15, 0.2) is 6.29 Å². The number of amides is 1. The highest BCUT2D eigenvalue weighted by Gasteiger charge is 2.30. The van der Waals surface area contributed by atoms with Crippen molar-refractivity contribution in [3.63, 3.8) is 0 Å². The Morgan fingerprint density at radius 2 is 2.06 bits per heavy atom. The van der Waals surface area contributed by atoms with Crippen LogP contribution in [0.1, 0.15) is 31.3 Å². The predicted octanol–water partition coefficient (Wildman–Crippen LogP) is 2.83. The Bertz CT molecular complexity index is 455. The van der Waals surface area contributed by atoms with Crippen LogP contribution in [-0.2, 0) is 0 Å². The van der Waals surface area contributed by atoms with Crippen LogP contribution in [0.15, 0.2) is 12.1 Å². The second-order valence-corrected chi connectivity index (χ2v) is 4.83. The molecule has 0 aliphatic heterocycles. The van der Waals surface area contributed by atoms with Crippen molar-refractivity contribution in [1.29, 1.82) is 0 Å². The van der Waals surface area contributed by atoms with Crippen molar-refractivity contribution in [2.45, 2.75) is 26.3 Å². The van der Waals surface area contributed by atoms with Crippen LogP contribution in [0, 0.1) is 0 Å². The summed E-state index contributed by atoms with van der Waals surface area (Å²) in [6.45, 7) is 5.18. The summed E-state index contributed by atoms with van der Waals surface area (Å²) < 4.78 is 0. The molecule has 1 amide bonds. The Hall–Kier alpha value is -1.62. The van der Waals surface area contributed by atoms with Gasteiger partial charge in [-0.05, 0) is 32.9 Å². The quantitative estimate of drug-likeness (QED) is 0.652. The van der Waals surface area contributed by atoms with Crippen LogP contribution < -0.4 is 4.90 Å². The molecule has 0 fully saturated rings. The molecule has 0 aliphatic rings. The monoisotopic (exact) mass is 256 g/mol. The molecule has 0 spiro atoms. The zero-order chi connectivity index (χ0) is 13.2. The first-order valence-corrected chi connectivity index (χ1v) is 5.30. The second kappa shape index (κ2) is 4.71. The molecule has 1 N–H and O–H groups in total.